The molecule has 3 rings (SSSR count). The van der Waals surface area contributed by atoms with Crippen molar-refractivity contribution in [3.05, 3.63) is 77.4 Å². The van der Waals surface area contributed by atoms with Crippen LogP contribution in [0.3, 0.4) is 0 Å². The number of nitrogens with zero attached hydrogens (tertiary/aromatic N) is 2. The van der Waals surface area contributed by atoms with Crippen LogP contribution in [0.2, 0.25) is 0 Å². The van der Waals surface area contributed by atoms with Crippen molar-refractivity contribution >= 4 is 0 Å². The van der Waals surface area contributed by atoms with Crippen LogP contribution in [0, 0.1) is 35.5 Å². The summed E-state index contributed by atoms with van der Waals surface area (Å²) in [7, 11) is 0. The number of benzene rings is 2. The molecule has 2 aromatic rings. The summed E-state index contributed by atoms with van der Waals surface area (Å²) >= 11 is 0. The molecule has 0 spiro atoms. The number of rotatable bonds is 8. The molecule has 29 heavy (non-hydrogen) atoms. The smallest absolute Gasteiger partial charge is 0.142 e. The van der Waals surface area contributed by atoms with E-state index in [9.17, 15) is 10.5 Å². The maximum absolute atomic E-state index is 9.79. The van der Waals surface area contributed by atoms with E-state index < -0.39 is 11.3 Å². The van der Waals surface area contributed by atoms with Gasteiger partial charge in [0.2, 0.25) is 0 Å². The molecule has 2 aromatic carbocycles. The molecule has 1 unspecified atom stereocenters. The van der Waals surface area contributed by atoms with E-state index in [-0.39, 0.29) is 0 Å². The van der Waals surface area contributed by atoms with Crippen LogP contribution in [0.4, 0.5) is 0 Å². The van der Waals surface area contributed by atoms with Gasteiger partial charge in [-0.05, 0) is 79.8 Å². The Bertz CT molecular complexity index is 922. The number of ether oxygens (including phenoxy) is 1. The van der Waals surface area contributed by atoms with Crippen LogP contribution in [-0.4, -0.2) is 0 Å². The Balaban J connectivity index is 2.00. The van der Waals surface area contributed by atoms with E-state index in [0.717, 1.165) is 55.4 Å². The third kappa shape index (κ3) is 4.36. The third-order valence-corrected chi connectivity index (χ3v) is 6.12. The predicted molar refractivity (Wildman–Crippen MR) is 115 cm³/mol. The molecular formula is C26H28N2O. The van der Waals surface area contributed by atoms with Crippen molar-refractivity contribution < 1.29 is 4.74 Å². The summed E-state index contributed by atoms with van der Waals surface area (Å²) in [5, 5.41) is 19.6. The fourth-order valence-electron chi connectivity index (χ4n) is 4.64. The number of unbranched alkanes of at least 4 members (excludes halogenated alkanes) is 1. The number of allylic oxidation sites excluding steroid dienone is 1. The highest BCUT2D eigenvalue weighted by Gasteiger charge is 2.44. The molecule has 0 saturated heterocycles. The Kier molecular flexibility index (Phi) is 6.73. The average molecular weight is 385 g/mol. The van der Waals surface area contributed by atoms with Crippen LogP contribution in [0.1, 0.15) is 54.4 Å². The van der Waals surface area contributed by atoms with E-state index in [2.05, 4.69) is 37.8 Å². The molecule has 0 saturated carbocycles. The summed E-state index contributed by atoms with van der Waals surface area (Å²) in [4.78, 5) is 0. The number of nitriles is 2. The maximum Gasteiger partial charge on any atom is 0.142 e. The minimum atomic E-state index is -0.657. The SMILES string of the molecule is C=CCCCC1(C(C#N)C#N)CCCc2c(C)cc(OCc3ccccc3)cc21. The van der Waals surface area contributed by atoms with E-state index in [0.29, 0.717) is 6.61 Å². The van der Waals surface area contributed by atoms with E-state index in [1.807, 2.05) is 36.4 Å². The minimum absolute atomic E-state index is 0.434. The molecule has 1 aliphatic rings. The van der Waals surface area contributed by atoms with Crippen molar-refractivity contribution in [2.75, 3.05) is 0 Å². The van der Waals surface area contributed by atoms with Gasteiger partial charge in [-0.25, -0.2) is 0 Å². The molecule has 1 aliphatic carbocycles. The van der Waals surface area contributed by atoms with Crippen molar-refractivity contribution in [2.45, 2.75) is 57.5 Å². The fourth-order valence-corrected chi connectivity index (χ4v) is 4.64. The largest absolute Gasteiger partial charge is 0.489 e. The highest BCUT2D eigenvalue weighted by Crippen LogP contribution is 2.48. The highest BCUT2D eigenvalue weighted by molar-refractivity contribution is 5.49. The highest BCUT2D eigenvalue weighted by atomic mass is 16.5. The second kappa shape index (κ2) is 9.44. The van der Waals surface area contributed by atoms with Gasteiger partial charge in [0.05, 0.1) is 12.1 Å². The quantitative estimate of drug-likeness (QED) is 0.404. The van der Waals surface area contributed by atoms with Gasteiger partial charge in [0.1, 0.15) is 18.3 Å². The molecule has 0 aliphatic heterocycles. The molecule has 148 valence electrons. The van der Waals surface area contributed by atoms with Crippen molar-refractivity contribution in [1.29, 1.82) is 10.5 Å². The maximum atomic E-state index is 9.79. The van der Waals surface area contributed by atoms with E-state index in [1.54, 1.807) is 0 Å². The molecule has 0 aromatic heterocycles. The Morgan fingerprint density at radius 1 is 1.21 bits per heavy atom. The summed E-state index contributed by atoms with van der Waals surface area (Å²) in [5.41, 5.74) is 4.30. The van der Waals surface area contributed by atoms with E-state index >= 15 is 0 Å². The summed E-state index contributed by atoms with van der Waals surface area (Å²) in [6.07, 6.45) is 7.42. The predicted octanol–water partition coefficient (Wildman–Crippen LogP) is 6.17. The Morgan fingerprint density at radius 3 is 2.66 bits per heavy atom. The van der Waals surface area contributed by atoms with Crippen LogP contribution in [0.5, 0.6) is 5.75 Å². The molecule has 0 bridgehead atoms. The molecule has 3 heteroatoms. The summed E-state index contributed by atoms with van der Waals surface area (Å²) in [6, 6.07) is 18.9. The van der Waals surface area contributed by atoms with Crippen LogP contribution < -0.4 is 4.74 Å². The van der Waals surface area contributed by atoms with Gasteiger partial charge >= 0.3 is 0 Å². The zero-order valence-electron chi connectivity index (χ0n) is 17.2. The number of hydrogen-bond acceptors (Lipinski definition) is 3. The van der Waals surface area contributed by atoms with E-state index in [4.69, 9.17) is 4.74 Å². The normalized spacial score (nSPS) is 17.8. The van der Waals surface area contributed by atoms with Gasteiger partial charge < -0.3 is 4.74 Å². The summed E-state index contributed by atoms with van der Waals surface area (Å²) in [6.45, 7) is 6.44. The Labute approximate surface area is 174 Å². The first-order valence-electron chi connectivity index (χ1n) is 10.4. The second-order valence-electron chi connectivity index (χ2n) is 7.92. The summed E-state index contributed by atoms with van der Waals surface area (Å²) < 4.78 is 6.12. The van der Waals surface area contributed by atoms with Gasteiger partial charge in [0, 0.05) is 5.41 Å². The lowest BCUT2D eigenvalue weighted by molar-refractivity contribution is 0.280. The molecule has 0 N–H and O–H groups in total. The molecule has 0 fully saturated rings. The lowest BCUT2D eigenvalue weighted by Gasteiger charge is -2.41. The monoisotopic (exact) mass is 384 g/mol. The van der Waals surface area contributed by atoms with Crippen LogP contribution in [0.25, 0.3) is 0 Å². The van der Waals surface area contributed by atoms with E-state index in [1.165, 1.54) is 11.1 Å². The third-order valence-electron chi connectivity index (χ3n) is 6.12. The number of fused-ring (bicyclic) bond motifs is 1. The van der Waals surface area contributed by atoms with Gasteiger partial charge in [-0.3, -0.25) is 0 Å². The van der Waals surface area contributed by atoms with Crippen LogP contribution >= 0.6 is 0 Å². The van der Waals surface area contributed by atoms with Crippen molar-refractivity contribution in [2.24, 2.45) is 5.92 Å². The van der Waals surface area contributed by atoms with Gasteiger partial charge in [0.25, 0.3) is 0 Å². The van der Waals surface area contributed by atoms with Crippen LogP contribution in [0.15, 0.2) is 55.1 Å². The molecule has 1 atom stereocenters. The molecular weight excluding hydrogens is 356 g/mol. The first kappa shape index (κ1) is 20.7. The summed E-state index contributed by atoms with van der Waals surface area (Å²) in [5.74, 6) is 0.157. The van der Waals surface area contributed by atoms with Crippen LogP contribution in [-0.2, 0) is 18.4 Å². The standard InChI is InChI=1S/C26H28N2O/c1-3-4-8-13-26(22(17-27)18-28)14-9-12-24-20(2)15-23(16-25(24)26)29-19-21-10-6-5-7-11-21/h3,5-7,10-11,15-16,22H,1,4,8-9,12-14,19H2,2H3. The van der Waals surface area contributed by atoms with Gasteiger partial charge in [0.15, 0.2) is 0 Å². The van der Waals surface area contributed by atoms with Gasteiger partial charge in [-0.1, -0.05) is 36.4 Å². The molecule has 0 radical (unpaired) electrons. The lowest BCUT2D eigenvalue weighted by Crippen LogP contribution is -2.38. The fraction of sp³-hybridized carbons (Fsp3) is 0.385. The Morgan fingerprint density at radius 2 is 1.97 bits per heavy atom. The van der Waals surface area contributed by atoms with Gasteiger partial charge in [-0.2, -0.15) is 10.5 Å². The van der Waals surface area contributed by atoms with Crippen molar-refractivity contribution in [3.8, 4) is 17.9 Å². The molecule has 0 amide bonds. The topological polar surface area (TPSA) is 56.8 Å². The van der Waals surface area contributed by atoms with Gasteiger partial charge in [-0.15, -0.1) is 6.58 Å². The zero-order chi connectivity index (χ0) is 20.7. The number of aryl methyl sites for hydroxylation is 1. The minimum Gasteiger partial charge on any atom is -0.489 e. The lowest BCUT2D eigenvalue weighted by atomic mass is 9.60. The molecule has 3 nitrogen and oxygen atoms in total. The number of hydrogen-bond donors (Lipinski definition) is 0. The zero-order valence-corrected chi connectivity index (χ0v) is 17.2. The Hall–Kier alpha value is -3.04. The first-order valence-corrected chi connectivity index (χ1v) is 10.4. The van der Waals surface area contributed by atoms with Crippen molar-refractivity contribution in [3.63, 3.8) is 0 Å². The van der Waals surface area contributed by atoms with Crippen molar-refractivity contribution in [1.82, 2.24) is 0 Å². The molecule has 0 heterocycles. The second-order valence-corrected chi connectivity index (χ2v) is 7.92. The first-order chi connectivity index (χ1) is 14.1. The average Bonchev–Trinajstić information content (AvgIpc) is 2.75.